The van der Waals surface area contributed by atoms with Gasteiger partial charge in [0.2, 0.25) is 0 Å². The number of nitrogens with one attached hydrogen (secondary N) is 1. The number of anilines is 1. The second-order valence-electron chi connectivity index (χ2n) is 4.24. The summed E-state index contributed by atoms with van der Waals surface area (Å²) in [5.41, 5.74) is 1.46. The van der Waals surface area contributed by atoms with E-state index >= 15 is 0 Å². The third-order valence-corrected chi connectivity index (χ3v) is 2.68. The van der Waals surface area contributed by atoms with E-state index in [0.717, 1.165) is 31.6 Å². The lowest BCUT2D eigenvalue weighted by Gasteiger charge is -2.11. The van der Waals surface area contributed by atoms with Gasteiger partial charge in [0.1, 0.15) is 6.07 Å². The Bertz CT molecular complexity index is 396. The fourth-order valence-corrected chi connectivity index (χ4v) is 1.71. The van der Waals surface area contributed by atoms with Crippen LogP contribution in [0.4, 0.5) is 5.69 Å². The number of benzene rings is 1. The molecule has 0 saturated heterocycles. The van der Waals surface area contributed by atoms with E-state index in [1.807, 2.05) is 0 Å². The maximum atomic E-state index is 8.95. The van der Waals surface area contributed by atoms with Gasteiger partial charge in [-0.15, -0.1) is 0 Å². The number of hydrogen-bond acceptors (Lipinski definition) is 3. The number of rotatable bonds is 6. The van der Waals surface area contributed by atoms with Crippen molar-refractivity contribution in [1.29, 1.82) is 5.26 Å². The zero-order valence-electron chi connectivity index (χ0n) is 10.3. The minimum Gasteiger partial charge on any atom is -0.384 e. The Kier molecular flexibility index (Phi) is 5.82. The summed E-state index contributed by atoms with van der Waals surface area (Å²) in [5.74, 6) is 0. The topological polar surface area (TPSA) is 39.1 Å². The number of unbranched alkanes of at least 4 members (excludes halogenated alkanes) is 1. The summed E-state index contributed by atoms with van der Waals surface area (Å²) < 4.78 is 0. The van der Waals surface area contributed by atoms with Crippen molar-refractivity contribution >= 4 is 17.3 Å². The maximum Gasteiger partial charge on any atom is 0.101 e. The van der Waals surface area contributed by atoms with Crippen molar-refractivity contribution in [3.8, 4) is 6.07 Å². The van der Waals surface area contributed by atoms with Crippen molar-refractivity contribution in [1.82, 2.24) is 4.90 Å². The minimum absolute atomic E-state index is 0.641. The van der Waals surface area contributed by atoms with Crippen LogP contribution in [0.1, 0.15) is 18.4 Å². The molecule has 0 aliphatic carbocycles. The molecule has 17 heavy (non-hydrogen) atoms. The number of hydrogen-bond donors (Lipinski definition) is 1. The van der Waals surface area contributed by atoms with Gasteiger partial charge in [0.05, 0.1) is 11.3 Å². The van der Waals surface area contributed by atoms with Crippen molar-refractivity contribution in [3.63, 3.8) is 0 Å². The van der Waals surface area contributed by atoms with E-state index in [4.69, 9.17) is 16.9 Å². The summed E-state index contributed by atoms with van der Waals surface area (Å²) in [5, 5.41) is 12.9. The summed E-state index contributed by atoms with van der Waals surface area (Å²) in [4.78, 5) is 2.17. The summed E-state index contributed by atoms with van der Waals surface area (Å²) in [6.45, 7) is 1.95. The number of nitrogens with zero attached hydrogens (tertiary/aromatic N) is 2. The highest BCUT2D eigenvalue weighted by molar-refractivity contribution is 6.30. The van der Waals surface area contributed by atoms with Crippen LogP contribution in [0.25, 0.3) is 0 Å². The van der Waals surface area contributed by atoms with Gasteiger partial charge in [-0.2, -0.15) is 5.26 Å². The Morgan fingerprint density at radius 1 is 1.35 bits per heavy atom. The van der Waals surface area contributed by atoms with Crippen molar-refractivity contribution in [2.24, 2.45) is 0 Å². The van der Waals surface area contributed by atoms with Gasteiger partial charge in [0.15, 0.2) is 0 Å². The van der Waals surface area contributed by atoms with E-state index in [9.17, 15) is 0 Å². The second kappa shape index (κ2) is 7.16. The first kappa shape index (κ1) is 13.8. The lowest BCUT2D eigenvalue weighted by molar-refractivity contribution is 0.396. The zero-order chi connectivity index (χ0) is 12.7. The molecule has 0 aliphatic heterocycles. The van der Waals surface area contributed by atoms with Gasteiger partial charge < -0.3 is 10.2 Å². The summed E-state index contributed by atoms with van der Waals surface area (Å²) >= 11 is 5.90. The van der Waals surface area contributed by atoms with Crippen LogP contribution in [0, 0.1) is 11.3 Å². The molecule has 1 N–H and O–H groups in total. The van der Waals surface area contributed by atoms with Crippen LogP contribution >= 0.6 is 11.6 Å². The van der Waals surface area contributed by atoms with Gasteiger partial charge in [-0.05, 0) is 51.7 Å². The van der Waals surface area contributed by atoms with Gasteiger partial charge in [-0.25, -0.2) is 0 Å². The molecule has 0 unspecified atom stereocenters. The van der Waals surface area contributed by atoms with E-state index in [-0.39, 0.29) is 0 Å². The molecule has 0 radical (unpaired) electrons. The molecule has 1 aromatic carbocycles. The summed E-state index contributed by atoms with van der Waals surface area (Å²) in [6.07, 6.45) is 2.22. The quantitative estimate of drug-likeness (QED) is 0.790. The number of nitriles is 1. The highest BCUT2D eigenvalue weighted by Crippen LogP contribution is 2.20. The van der Waals surface area contributed by atoms with Crippen LogP contribution in [0.2, 0.25) is 5.02 Å². The van der Waals surface area contributed by atoms with Crippen molar-refractivity contribution in [2.45, 2.75) is 12.8 Å². The molecule has 0 saturated carbocycles. The number of halogens is 1. The highest BCUT2D eigenvalue weighted by atomic mass is 35.5. The Hall–Kier alpha value is -1.24. The Morgan fingerprint density at radius 2 is 2.12 bits per heavy atom. The third kappa shape index (κ3) is 5.08. The van der Waals surface area contributed by atoms with Crippen LogP contribution in [-0.4, -0.2) is 32.1 Å². The average molecular weight is 252 g/mol. The zero-order valence-corrected chi connectivity index (χ0v) is 11.1. The van der Waals surface area contributed by atoms with E-state index < -0.39 is 0 Å². The fraction of sp³-hybridized carbons (Fsp3) is 0.462. The van der Waals surface area contributed by atoms with Crippen LogP contribution in [0.3, 0.4) is 0 Å². The molecular formula is C13H18ClN3. The molecule has 3 nitrogen and oxygen atoms in total. The van der Waals surface area contributed by atoms with Gasteiger partial charge in [0.25, 0.3) is 0 Å². The van der Waals surface area contributed by atoms with E-state index in [1.54, 1.807) is 18.2 Å². The Morgan fingerprint density at radius 3 is 2.76 bits per heavy atom. The second-order valence-corrected chi connectivity index (χ2v) is 4.68. The molecule has 92 valence electrons. The smallest absolute Gasteiger partial charge is 0.101 e. The molecule has 1 rings (SSSR count). The predicted molar refractivity (Wildman–Crippen MR) is 72.4 cm³/mol. The average Bonchev–Trinajstić information content (AvgIpc) is 2.28. The summed E-state index contributed by atoms with van der Waals surface area (Å²) in [6, 6.07) is 7.42. The molecule has 0 atom stereocenters. The van der Waals surface area contributed by atoms with E-state index in [0.29, 0.717) is 10.6 Å². The lowest BCUT2D eigenvalue weighted by atomic mass is 10.2. The molecule has 0 amide bonds. The van der Waals surface area contributed by atoms with Crippen molar-refractivity contribution in [3.05, 3.63) is 28.8 Å². The molecule has 0 spiro atoms. The molecule has 0 bridgehead atoms. The Labute approximate surface area is 108 Å². The van der Waals surface area contributed by atoms with Crippen LogP contribution < -0.4 is 5.32 Å². The first-order valence-electron chi connectivity index (χ1n) is 5.71. The first-order chi connectivity index (χ1) is 8.13. The highest BCUT2D eigenvalue weighted by Gasteiger charge is 2.01. The predicted octanol–water partition coefficient (Wildman–Crippen LogP) is 2.97. The van der Waals surface area contributed by atoms with Crippen molar-refractivity contribution in [2.75, 3.05) is 32.5 Å². The fourth-order valence-electron chi connectivity index (χ4n) is 1.54. The largest absolute Gasteiger partial charge is 0.384 e. The van der Waals surface area contributed by atoms with E-state index in [1.165, 1.54) is 0 Å². The van der Waals surface area contributed by atoms with Gasteiger partial charge >= 0.3 is 0 Å². The first-order valence-corrected chi connectivity index (χ1v) is 6.09. The molecule has 4 heteroatoms. The van der Waals surface area contributed by atoms with Gasteiger partial charge in [0, 0.05) is 11.6 Å². The lowest BCUT2D eigenvalue weighted by Crippen LogP contribution is -2.14. The van der Waals surface area contributed by atoms with Crippen molar-refractivity contribution < 1.29 is 0 Å². The van der Waals surface area contributed by atoms with Crippen LogP contribution in [0.5, 0.6) is 0 Å². The standard InChI is InChI=1S/C13H18ClN3/c1-17(2)8-4-3-7-16-13-9-12(14)6-5-11(13)10-15/h5-6,9,16H,3-4,7-8H2,1-2H3. The van der Waals surface area contributed by atoms with E-state index in [2.05, 4.69) is 30.4 Å². The molecule has 1 aromatic rings. The third-order valence-electron chi connectivity index (χ3n) is 2.45. The molecule has 0 fully saturated rings. The maximum absolute atomic E-state index is 8.95. The minimum atomic E-state index is 0.641. The van der Waals surface area contributed by atoms with Crippen LogP contribution in [0.15, 0.2) is 18.2 Å². The van der Waals surface area contributed by atoms with Gasteiger partial charge in [-0.3, -0.25) is 0 Å². The van der Waals surface area contributed by atoms with Gasteiger partial charge in [-0.1, -0.05) is 11.6 Å². The molecular weight excluding hydrogens is 234 g/mol. The normalized spacial score (nSPS) is 10.3. The Balaban J connectivity index is 2.41. The van der Waals surface area contributed by atoms with Crippen LogP contribution in [-0.2, 0) is 0 Å². The molecule has 0 aromatic heterocycles. The summed E-state index contributed by atoms with van der Waals surface area (Å²) in [7, 11) is 4.14. The molecule has 0 aliphatic rings. The monoisotopic (exact) mass is 251 g/mol. The molecule has 0 heterocycles. The SMILES string of the molecule is CN(C)CCCCNc1cc(Cl)ccc1C#N.